The van der Waals surface area contributed by atoms with Gasteiger partial charge in [-0.25, -0.2) is 0 Å². The summed E-state index contributed by atoms with van der Waals surface area (Å²) in [6.07, 6.45) is 5.55. The molecule has 1 aromatic heterocycles. The molecule has 1 unspecified atom stereocenters. The average molecular weight is 241 g/mol. The topological polar surface area (TPSA) is 43.8 Å². The SMILES string of the molecule is Cn1ccc(C(N)C2(c3ccccc3)CCC2)n1. The minimum Gasteiger partial charge on any atom is -0.322 e. The van der Waals surface area contributed by atoms with E-state index < -0.39 is 0 Å². The van der Waals surface area contributed by atoms with Crippen LogP contribution in [0.1, 0.15) is 36.6 Å². The van der Waals surface area contributed by atoms with Crippen molar-refractivity contribution in [3.8, 4) is 0 Å². The largest absolute Gasteiger partial charge is 0.322 e. The van der Waals surface area contributed by atoms with Crippen LogP contribution in [0.5, 0.6) is 0 Å². The Balaban J connectivity index is 1.97. The fourth-order valence-corrected chi connectivity index (χ4v) is 2.99. The molecule has 1 aromatic carbocycles. The molecular formula is C15H19N3. The van der Waals surface area contributed by atoms with Gasteiger partial charge in [0.1, 0.15) is 0 Å². The van der Waals surface area contributed by atoms with Gasteiger partial charge in [-0.1, -0.05) is 36.8 Å². The molecule has 18 heavy (non-hydrogen) atoms. The van der Waals surface area contributed by atoms with E-state index in [4.69, 9.17) is 5.73 Å². The molecule has 0 saturated heterocycles. The van der Waals surface area contributed by atoms with Gasteiger partial charge >= 0.3 is 0 Å². The second kappa shape index (κ2) is 4.25. The smallest absolute Gasteiger partial charge is 0.0800 e. The summed E-state index contributed by atoms with van der Waals surface area (Å²) in [5.74, 6) is 0. The normalized spacial score (nSPS) is 19.2. The van der Waals surface area contributed by atoms with Crippen molar-refractivity contribution in [1.29, 1.82) is 0 Å². The third-order valence-corrected chi connectivity index (χ3v) is 4.24. The number of aryl methyl sites for hydroxylation is 1. The summed E-state index contributed by atoms with van der Waals surface area (Å²) in [5.41, 5.74) is 8.95. The molecule has 0 spiro atoms. The van der Waals surface area contributed by atoms with Crippen LogP contribution in [-0.4, -0.2) is 9.78 Å². The Labute approximate surface area is 108 Å². The highest BCUT2D eigenvalue weighted by Crippen LogP contribution is 2.50. The van der Waals surface area contributed by atoms with Crippen molar-refractivity contribution in [2.45, 2.75) is 30.7 Å². The molecule has 1 aliphatic carbocycles. The summed E-state index contributed by atoms with van der Waals surface area (Å²) in [4.78, 5) is 0. The van der Waals surface area contributed by atoms with E-state index in [-0.39, 0.29) is 11.5 Å². The minimum absolute atomic E-state index is 0.00477. The summed E-state index contributed by atoms with van der Waals surface area (Å²) in [6.45, 7) is 0. The first kappa shape index (κ1) is 11.5. The van der Waals surface area contributed by atoms with Crippen LogP contribution in [-0.2, 0) is 12.5 Å². The molecule has 0 bridgehead atoms. The Morgan fingerprint density at radius 2 is 1.94 bits per heavy atom. The Morgan fingerprint density at radius 1 is 1.22 bits per heavy atom. The van der Waals surface area contributed by atoms with Gasteiger partial charge in [0.05, 0.1) is 11.7 Å². The summed E-state index contributed by atoms with van der Waals surface area (Å²) < 4.78 is 1.83. The van der Waals surface area contributed by atoms with Gasteiger partial charge in [0.25, 0.3) is 0 Å². The highest BCUT2D eigenvalue weighted by molar-refractivity contribution is 5.33. The van der Waals surface area contributed by atoms with Crippen LogP contribution in [0.2, 0.25) is 0 Å². The van der Waals surface area contributed by atoms with Gasteiger partial charge in [-0.2, -0.15) is 5.10 Å². The Bertz CT molecular complexity index is 526. The van der Waals surface area contributed by atoms with Crippen LogP contribution in [0.25, 0.3) is 0 Å². The lowest BCUT2D eigenvalue weighted by atomic mass is 9.59. The molecule has 3 rings (SSSR count). The first-order chi connectivity index (χ1) is 8.72. The van der Waals surface area contributed by atoms with Crippen molar-refractivity contribution in [3.05, 3.63) is 53.9 Å². The lowest BCUT2D eigenvalue weighted by molar-refractivity contribution is 0.193. The molecule has 0 radical (unpaired) electrons. The number of hydrogen-bond acceptors (Lipinski definition) is 2. The molecule has 1 heterocycles. The molecule has 2 aromatic rings. The maximum Gasteiger partial charge on any atom is 0.0800 e. The summed E-state index contributed by atoms with van der Waals surface area (Å²) in [5, 5.41) is 4.48. The molecule has 0 aliphatic heterocycles. The van der Waals surface area contributed by atoms with Gasteiger partial charge in [0.2, 0.25) is 0 Å². The molecular weight excluding hydrogens is 222 g/mol. The van der Waals surface area contributed by atoms with E-state index in [2.05, 4.69) is 35.4 Å². The lowest BCUT2D eigenvalue weighted by Gasteiger charge is -2.46. The van der Waals surface area contributed by atoms with Crippen molar-refractivity contribution in [2.24, 2.45) is 12.8 Å². The van der Waals surface area contributed by atoms with Gasteiger partial charge < -0.3 is 5.73 Å². The molecule has 3 nitrogen and oxygen atoms in total. The fraction of sp³-hybridized carbons (Fsp3) is 0.400. The van der Waals surface area contributed by atoms with Crippen molar-refractivity contribution in [3.63, 3.8) is 0 Å². The maximum absolute atomic E-state index is 6.50. The van der Waals surface area contributed by atoms with Crippen molar-refractivity contribution in [2.75, 3.05) is 0 Å². The third-order valence-electron chi connectivity index (χ3n) is 4.24. The molecule has 1 saturated carbocycles. The Kier molecular flexibility index (Phi) is 2.71. The van der Waals surface area contributed by atoms with E-state index in [1.807, 2.05) is 24.0 Å². The van der Waals surface area contributed by atoms with Gasteiger partial charge in [0, 0.05) is 18.7 Å². The molecule has 1 fully saturated rings. The van der Waals surface area contributed by atoms with Crippen LogP contribution in [0, 0.1) is 0 Å². The van der Waals surface area contributed by atoms with E-state index in [9.17, 15) is 0 Å². The lowest BCUT2D eigenvalue weighted by Crippen LogP contribution is -2.44. The van der Waals surface area contributed by atoms with Crippen molar-refractivity contribution in [1.82, 2.24) is 9.78 Å². The molecule has 94 valence electrons. The Morgan fingerprint density at radius 3 is 2.44 bits per heavy atom. The predicted octanol–water partition coefficient (Wildman–Crippen LogP) is 2.54. The van der Waals surface area contributed by atoms with Gasteiger partial charge in [-0.15, -0.1) is 0 Å². The van der Waals surface area contributed by atoms with Crippen molar-refractivity contribution >= 4 is 0 Å². The highest BCUT2D eigenvalue weighted by atomic mass is 15.3. The summed E-state index contributed by atoms with van der Waals surface area (Å²) in [7, 11) is 1.94. The second-order valence-corrected chi connectivity index (χ2v) is 5.27. The van der Waals surface area contributed by atoms with E-state index in [0.717, 1.165) is 18.5 Å². The summed E-state index contributed by atoms with van der Waals surface area (Å²) in [6, 6.07) is 12.7. The fourth-order valence-electron chi connectivity index (χ4n) is 2.99. The van der Waals surface area contributed by atoms with Crippen molar-refractivity contribution < 1.29 is 0 Å². The number of nitrogens with zero attached hydrogens (tertiary/aromatic N) is 2. The molecule has 2 N–H and O–H groups in total. The Hall–Kier alpha value is -1.61. The van der Waals surface area contributed by atoms with Crippen LogP contribution in [0.4, 0.5) is 0 Å². The maximum atomic E-state index is 6.50. The van der Waals surface area contributed by atoms with Crippen LogP contribution in [0.15, 0.2) is 42.6 Å². The molecule has 0 amide bonds. The van der Waals surface area contributed by atoms with Crippen LogP contribution in [0.3, 0.4) is 0 Å². The first-order valence-electron chi connectivity index (χ1n) is 6.53. The predicted molar refractivity (Wildman–Crippen MR) is 72.1 cm³/mol. The zero-order valence-corrected chi connectivity index (χ0v) is 10.7. The quantitative estimate of drug-likeness (QED) is 0.897. The van der Waals surface area contributed by atoms with Crippen LogP contribution >= 0.6 is 0 Å². The summed E-state index contributed by atoms with van der Waals surface area (Å²) >= 11 is 0. The van der Waals surface area contributed by atoms with E-state index in [1.54, 1.807) is 0 Å². The number of benzene rings is 1. The third kappa shape index (κ3) is 1.66. The monoisotopic (exact) mass is 241 g/mol. The molecule has 3 heteroatoms. The molecule has 1 atom stereocenters. The highest BCUT2D eigenvalue weighted by Gasteiger charge is 2.45. The average Bonchev–Trinajstić information content (AvgIpc) is 2.76. The van der Waals surface area contributed by atoms with Gasteiger partial charge in [-0.3, -0.25) is 4.68 Å². The zero-order chi connectivity index (χ0) is 12.6. The van der Waals surface area contributed by atoms with Gasteiger partial charge in [-0.05, 0) is 24.5 Å². The standard InChI is InChI=1S/C15H19N3/c1-18-11-8-13(17-18)14(16)15(9-5-10-15)12-6-3-2-4-7-12/h2-4,6-8,11,14H,5,9-10,16H2,1H3. The molecule has 1 aliphatic rings. The number of nitrogens with two attached hydrogens (primary N) is 1. The number of hydrogen-bond donors (Lipinski definition) is 1. The zero-order valence-electron chi connectivity index (χ0n) is 10.7. The van der Waals surface area contributed by atoms with E-state index in [0.29, 0.717) is 0 Å². The van der Waals surface area contributed by atoms with E-state index >= 15 is 0 Å². The second-order valence-electron chi connectivity index (χ2n) is 5.27. The minimum atomic E-state index is -0.00477. The van der Waals surface area contributed by atoms with Gasteiger partial charge in [0.15, 0.2) is 0 Å². The van der Waals surface area contributed by atoms with E-state index in [1.165, 1.54) is 12.0 Å². The number of aromatic nitrogens is 2. The first-order valence-corrected chi connectivity index (χ1v) is 6.53. The van der Waals surface area contributed by atoms with Crippen LogP contribution < -0.4 is 5.73 Å². The number of rotatable bonds is 3.